The van der Waals surface area contributed by atoms with Gasteiger partial charge >= 0.3 is 0 Å². The van der Waals surface area contributed by atoms with Crippen LogP contribution in [0.3, 0.4) is 0 Å². The molecule has 0 bridgehead atoms. The zero-order chi connectivity index (χ0) is 11.3. The Balaban J connectivity index is 2.54. The molecular formula is C12H16FNO. The maximum Gasteiger partial charge on any atom is 0.141 e. The number of Topliss-reactive ketones (excluding diaryl/α,β-unsaturated/α-hetero) is 1. The third-order valence-corrected chi connectivity index (χ3v) is 2.35. The molecule has 0 aliphatic heterocycles. The third-order valence-electron chi connectivity index (χ3n) is 2.35. The largest absolute Gasteiger partial charge is 0.319 e. The lowest BCUT2D eigenvalue weighted by atomic mass is 9.99. The van der Waals surface area contributed by atoms with E-state index in [0.29, 0.717) is 13.0 Å². The van der Waals surface area contributed by atoms with Crippen molar-refractivity contribution in [2.24, 2.45) is 5.92 Å². The normalized spacial score (nSPS) is 12.5. The second kappa shape index (κ2) is 5.61. The third kappa shape index (κ3) is 3.80. The molecule has 1 atom stereocenters. The number of rotatable bonds is 5. The fourth-order valence-electron chi connectivity index (χ4n) is 1.40. The lowest BCUT2D eigenvalue weighted by molar-refractivity contribution is -0.121. The summed E-state index contributed by atoms with van der Waals surface area (Å²) in [5, 5.41) is 2.96. The van der Waals surface area contributed by atoms with Crippen LogP contribution in [0.15, 0.2) is 24.3 Å². The standard InChI is InChI=1S/C12H16FNO/c1-9(8-14-2)12(15)7-10-3-5-11(13)6-4-10/h3-6,9,14H,7-8H2,1-2H3. The molecule has 0 fully saturated rings. The predicted molar refractivity (Wildman–Crippen MR) is 58.2 cm³/mol. The van der Waals surface area contributed by atoms with Crippen molar-refractivity contribution >= 4 is 5.78 Å². The van der Waals surface area contributed by atoms with Gasteiger partial charge in [-0.15, -0.1) is 0 Å². The highest BCUT2D eigenvalue weighted by Crippen LogP contribution is 2.07. The molecule has 0 heterocycles. The zero-order valence-electron chi connectivity index (χ0n) is 9.09. The average Bonchev–Trinajstić information content (AvgIpc) is 2.22. The van der Waals surface area contributed by atoms with E-state index in [1.165, 1.54) is 12.1 Å². The summed E-state index contributed by atoms with van der Waals surface area (Å²) < 4.78 is 12.6. The predicted octanol–water partition coefficient (Wildman–Crippen LogP) is 1.79. The van der Waals surface area contributed by atoms with Crippen LogP contribution >= 0.6 is 0 Å². The van der Waals surface area contributed by atoms with Crippen LogP contribution in [-0.2, 0) is 11.2 Å². The maximum atomic E-state index is 12.6. The first-order chi connectivity index (χ1) is 7.13. The zero-order valence-corrected chi connectivity index (χ0v) is 9.09. The van der Waals surface area contributed by atoms with Gasteiger partial charge in [0.1, 0.15) is 11.6 Å². The van der Waals surface area contributed by atoms with E-state index < -0.39 is 0 Å². The summed E-state index contributed by atoms with van der Waals surface area (Å²) in [4.78, 5) is 11.7. The molecule has 1 rings (SSSR count). The molecule has 3 heteroatoms. The van der Waals surface area contributed by atoms with Crippen LogP contribution in [0.4, 0.5) is 4.39 Å². The second-order valence-electron chi connectivity index (χ2n) is 3.73. The van der Waals surface area contributed by atoms with Crippen LogP contribution in [-0.4, -0.2) is 19.4 Å². The van der Waals surface area contributed by atoms with E-state index in [1.807, 2.05) is 14.0 Å². The van der Waals surface area contributed by atoms with Crippen molar-refractivity contribution in [1.82, 2.24) is 5.32 Å². The van der Waals surface area contributed by atoms with E-state index in [0.717, 1.165) is 5.56 Å². The van der Waals surface area contributed by atoms with Gasteiger partial charge < -0.3 is 5.32 Å². The van der Waals surface area contributed by atoms with Gasteiger partial charge in [-0.1, -0.05) is 19.1 Å². The molecule has 82 valence electrons. The van der Waals surface area contributed by atoms with Crippen molar-refractivity contribution in [3.05, 3.63) is 35.6 Å². The van der Waals surface area contributed by atoms with Crippen molar-refractivity contribution in [2.45, 2.75) is 13.3 Å². The first kappa shape index (κ1) is 11.9. The summed E-state index contributed by atoms with van der Waals surface area (Å²) in [5.41, 5.74) is 0.865. The average molecular weight is 209 g/mol. The number of carbonyl (C=O) groups excluding carboxylic acids is 1. The highest BCUT2D eigenvalue weighted by molar-refractivity contribution is 5.83. The van der Waals surface area contributed by atoms with Gasteiger partial charge in [0.2, 0.25) is 0 Å². The molecule has 1 aromatic rings. The molecule has 0 radical (unpaired) electrons. The van der Waals surface area contributed by atoms with Gasteiger partial charge in [0.15, 0.2) is 0 Å². The molecule has 2 nitrogen and oxygen atoms in total. The molecule has 1 N–H and O–H groups in total. The topological polar surface area (TPSA) is 29.1 Å². The Labute approximate surface area is 89.5 Å². The SMILES string of the molecule is CNCC(C)C(=O)Cc1ccc(F)cc1. The Morgan fingerprint density at radius 3 is 2.53 bits per heavy atom. The van der Waals surface area contributed by atoms with Crippen LogP contribution < -0.4 is 5.32 Å². The molecule has 0 saturated carbocycles. The monoisotopic (exact) mass is 209 g/mol. The minimum absolute atomic E-state index is 0.0000491. The Hall–Kier alpha value is -1.22. The van der Waals surface area contributed by atoms with Gasteiger partial charge in [0.25, 0.3) is 0 Å². The quantitative estimate of drug-likeness (QED) is 0.801. The van der Waals surface area contributed by atoms with Crippen LogP contribution in [0.25, 0.3) is 0 Å². The minimum Gasteiger partial charge on any atom is -0.319 e. The number of hydrogen-bond donors (Lipinski definition) is 1. The van der Waals surface area contributed by atoms with E-state index in [2.05, 4.69) is 5.32 Å². The molecule has 15 heavy (non-hydrogen) atoms. The Morgan fingerprint density at radius 2 is 2.00 bits per heavy atom. The Morgan fingerprint density at radius 1 is 1.40 bits per heavy atom. The molecule has 0 amide bonds. The summed E-state index contributed by atoms with van der Waals surface area (Å²) in [6, 6.07) is 6.06. The molecule has 0 saturated heterocycles. The van der Waals surface area contributed by atoms with Crippen molar-refractivity contribution in [3.63, 3.8) is 0 Å². The summed E-state index contributed by atoms with van der Waals surface area (Å²) in [6.07, 6.45) is 0.378. The molecule has 0 aliphatic carbocycles. The van der Waals surface area contributed by atoms with Crippen LogP contribution in [0, 0.1) is 11.7 Å². The fraction of sp³-hybridized carbons (Fsp3) is 0.417. The molecular weight excluding hydrogens is 193 g/mol. The lowest BCUT2D eigenvalue weighted by Crippen LogP contribution is -2.24. The summed E-state index contributed by atoms with van der Waals surface area (Å²) in [7, 11) is 1.82. The van der Waals surface area contributed by atoms with Gasteiger partial charge in [0, 0.05) is 18.9 Å². The van der Waals surface area contributed by atoms with Crippen molar-refractivity contribution in [3.8, 4) is 0 Å². The smallest absolute Gasteiger partial charge is 0.141 e. The number of benzene rings is 1. The minimum atomic E-state index is -0.269. The molecule has 1 aromatic carbocycles. The Bertz CT molecular complexity index is 321. The van der Waals surface area contributed by atoms with E-state index in [1.54, 1.807) is 12.1 Å². The molecule has 0 aliphatic rings. The van der Waals surface area contributed by atoms with Gasteiger partial charge in [-0.2, -0.15) is 0 Å². The van der Waals surface area contributed by atoms with Crippen molar-refractivity contribution in [2.75, 3.05) is 13.6 Å². The number of halogens is 1. The molecule has 0 spiro atoms. The molecule has 1 unspecified atom stereocenters. The number of ketones is 1. The van der Waals surface area contributed by atoms with Gasteiger partial charge in [0.05, 0.1) is 0 Å². The molecule has 0 aromatic heterocycles. The van der Waals surface area contributed by atoms with Crippen LogP contribution in [0.5, 0.6) is 0 Å². The fourth-order valence-corrected chi connectivity index (χ4v) is 1.40. The first-order valence-electron chi connectivity index (χ1n) is 5.05. The van der Waals surface area contributed by atoms with Crippen molar-refractivity contribution < 1.29 is 9.18 Å². The highest BCUT2D eigenvalue weighted by Gasteiger charge is 2.12. The van der Waals surface area contributed by atoms with Gasteiger partial charge in [-0.25, -0.2) is 4.39 Å². The van der Waals surface area contributed by atoms with Gasteiger partial charge in [-0.05, 0) is 24.7 Å². The highest BCUT2D eigenvalue weighted by atomic mass is 19.1. The Kier molecular flexibility index (Phi) is 4.43. The van der Waals surface area contributed by atoms with E-state index in [4.69, 9.17) is 0 Å². The van der Waals surface area contributed by atoms with Gasteiger partial charge in [-0.3, -0.25) is 4.79 Å². The van der Waals surface area contributed by atoms with Crippen LogP contribution in [0.2, 0.25) is 0 Å². The maximum absolute atomic E-state index is 12.6. The number of hydrogen-bond acceptors (Lipinski definition) is 2. The number of carbonyl (C=O) groups is 1. The second-order valence-corrected chi connectivity index (χ2v) is 3.73. The first-order valence-corrected chi connectivity index (χ1v) is 5.05. The van der Waals surface area contributed by atoms with E-state index >= 15 is 0 Å². The van der Waals surface area contributed by atoms with E-state index in [-0.39, 0.29) is 17.5 Å². The lowest BCUT2D eigenvalue weighted by Gasteiger charge is -2.09. The number of nitrogens with one attached hydrogen (secondary N) is 1. The van der Waals surface area contributed by atoms with Crippen molar-refractivity contribution in [1.29, 1.82) is 0 Å². The summed E-state index contributed by atoms with van der Waals surface area (Å²) >= 11 is 0. The van der Waals surface area contributed by atoms with Crippen LogP contribution in [0.1, 0.15) is 12.5 Å². The summed E-state index contributed by atoms with van der Waals surface area (Å²) in [5.74, 6) is -0.0921. The van der Waals surface area contributed by atoms with E-state index in [9.17, 15) is 9.18 Å². The summed E-state index contributed by atoms with van der Waals surface area (Å²) in [6.45, 7) is 2.57.